The van der Waals surface area contributed by atoms with Gasteiger partial charge in [-0.3, -0.25) is 4.57 Å². The fraction of sp³-hybridized carbons (Fsp3) is 0.400. The summed E-state index contributed by atoms with van der Waals surface area (Å²) >= 11 is 6.21. The predicted octanol–water partition coefficient (Wildman–Crippen LogP) is 5.28. The Bertz CT molecular complexity index is 570. The van der Waals surface area contributed by atoms with Crippen molar-refractivity contribution in [3.05, 3.63) is 46.6 Å². The van der Waals surface area contributed by atoms with Crippen LogP contribution in [0.1, 0.15) is 33.3 Å². The minimum atomic E-state index is -3.51. The lowest BCUT2D eigenvalue weighted by Crippen LogP contribution is -2.09. The van der Waals surface area contributed by atoms with Gasteiger partial charge in [0.15, 0.2) is 5.45 Å². The second kappa shape index (κ2) is 8.50. The van der Waals surface area contributed by atoms with Gasteiger partial charge < -0.3 is 9.05 Å². The first kappa shape index (κ1) is 18.1. The summed E-state index contributed by atoms with van der Waals surface area (Å²) in [5.41, 5.74) is 1.76. The van der Waals surface area contributed by atoms with E-state index in [1.165, 1.54) is 0 Å². The number of rotatable bonds is 7. The first-order valence-electron chi connectivity index (χ1n) is 6.80. The normalized spacial score (nSPS) is 12.3. The third-order valence-corrected chi connectivity index (χ3v) is 4.82. The molecular formula is C15H21ClNO3P. The van der Waals surface area contributed by atoms with Gasteiger partial charge in [-0.05, 0) is 33.8 Å². The number of benzene rings is 1. The van der Waals surface area contributed by atoms with E-state index in [1.54, 1.807) is 38.2 Å². The molecule has 0 N–H and O–H groups in total. The summed E-state index contributed by atoms with van der Waals surface area (Å²) in [5.74, 6) is 0. The maximum atomic E-state index is 13.0. The van der Waals surface area contributed by atoms with Crippen LogP contribution in [-0.2, 0) is 13.6 Å². The van der Waals surface area contributed by atoms with Crippen LogP contribution >= 0.6 is 19.2 Å². The molecule has 0 unspecified atom stereocenters. The van der Waals surface area contributed by atoms with Crippen molar-refractivity contribution in [2.24, 2.45) is 4.99 Å². The van der Waals surface area contributed by atoms with Gasteiger partial charge in [-0.2, -0.15) is 0 Å². The molecule has 0 spiro atoms. The molecule has 1 aromatic rings. The molecule has 0 atom stereocenters. The molecular weight excluding hydrogens is 309 g/mol. The van der Waals surface area contributed by atoms with Crippen LogP contribution in [0.15, 0.2) is 41.0 Å². The number of hydrogen-bond donors (Lipinski definition) is 0. The summed E-state index contributed by atoms with van der Waals surface area (Å²) in [6.07, 6.45) is 1.63. The Morgan fingerprint density at radius 3 is 2.29 bits per heavy atom. The highest BCUT2D eigenvalue weighted by Gasteiger charge is 2.33. The Labute approximate surface area is 131 Å². The highest BCUT2D eigenvalue weighted by atomic mass is 35.5. The van der Waals surface area contributed by atoms with E-state index in [2.05, 4.69) is 4.99 Å². The molecule has 0 saturated heterocycles. The van der Waals surface area contributed by atoms with E-state index in [-0.39, 0.29) is 18.7 Å². The second-order valence-electron chi connectivity index (χ2n) is 4.47. The van der Waals surface area contributed by atoms with E-state index in [4.69, 9.17) is 20.6 Å². The van der Waals surface area contributed by atoms with E-state index in [9.17, 15) is 4.57 Å². The number of hydrogen-bond acceptors (Lipinski definition) is 4. The van der Waals surface area contributed by atoms with Crippen LogP contribution in [0.5, 0.6) is 0 Å². The summed E-state index contributed by atoms with van der Waals surface area (Å²) in [6, 6.07) is 7.08. The van der Waals surface area contributed by atoms with Crippen LogP contribution in [0.2, 0.25) is 5.02 Å². The lowest BCUT2D eigenvalue weighted by molar-refractivity contribution is 0.232. The van der Waals surface area contributed by atoms with Gasteiger partial charge in [0.1, 0.15) is 0 Å². The molecule has 0 fully saturated rings. The van der Waals surface area contributed by atoms with Gasteiger partial charge in [0, 0.05) is 11.8 Å². The van der Waals surface area contributed by atoms with Crippen molar-refractivity contribution in [1.82, 2.24) is 0 Å². The average Bonchev–Trinajstić information content (AvgIpc) is 2.41. The smallest absolute Gasteiger partial charge is 0.304 e. The standard InChI is InChI=1S/C15H21ClNO3P/c1-5-19-21(18,20-6-2)15(17-11-12(3)4)13-9-7-8-10-14(13)16/h7-11H,5-6H2,1-4H3. The maximum Gasteiger partial charge on any atom is 0.380 e. The summed E-state index contributed by atoms with van der Waals surface area (Å²) in [4.78, 5) is 4.32. The van der Waals surface area contributed by atoms with E-state index in [1.807, 2.05) is 19.9 Å². The van der Waals surface area contributed by atoms with E-state index >= 15 is 0 Å². The highest BCUT2D eigenvalue weighted by Crippen LogP contribution is 2.52. The van der Waals surface area contributed by atoms with Gasteiger partial charge in [-0.15, -0.1) is 0 Å². The molecule has 4 nitrogen and oxygen atoms in total. The first-order valence-corrected chi connectivity index (χ1v) is 8.72. The second-order valence-corrected chi connectivity index (χ2v) is 6.81. The summed E-state index contributed by atoms with van der Waals surface area (Å²) in [7, 11) is -3.51. The fourth-order valence-electron chi connectivity index (χ4n) is 1.62. The van der Waals surface area contributed by atoms with Gasteiger partial charge in [-0.25, -0.2) is 4.99 Å². The number of nitrogens with zero attached hydrogens (tertiary/aromatic N) is 1. The predicted molar refractivity (Wildman–Crippen MR) is 88.3 cm³/mol. The van der Waals surface area contributed by atoms with Crippen molar-refractivity contribution in [1.29, 1.82) is 0 Å². The van der Waals surface area contributed by atoms with Gasteiger partial charge in [-0.1, -0.05) is 35.4 Å². The fourth-order valence-corrected chi connectivity index (χ4v) is 3.60. The third-order valence-electron chi connectivity index (χ3n) is 2.42. The number of allylic oxidation sites excluding steroid dienone is 1. The van der Waals surface area contributed by atoms with Crippen LogP contribution in [0.25, 0.3) is 0 Å². The molecule has 6 heteroatoms. The molecule has 116 valence electrons. The molecule has 0 aliphatic rings. The van der Waals surface area contributed by atoms with E-state index < -0.39 is 7.60 Å². The molecule has 0 saturated carbocycles. The summed E-state index contributed by atoms with van der Waals surface area (Å²) < 4.78 is 23.8. The number of aliphatic imine (C=N–C) groups is 1. The lowest BCUT2D eigenvalue weighted by atomic mass is 10.2. The Kier molecular flexibility index (Phi) is 7.33. The Hall–Kier alpha value is -0.930. The van der Waals surface area contributed by atoms with Crippen molar-refractivity contribution < 1.29 is 13.6 Å². The van der Waals surface area contributed by atoms with Crippen molar-refractivity contribution >= 4 is 24.6 Å². The van der Waals surface area contributed by atoms with Crippen molar-refractivity contribution in [3.8, 4) is 0 Å². The third kappa shape index (κ3) is 5.08. The van der Waals surface area contributed by atoms with E-state index in [0.717, 1.165) is 5.57 Å². The van der Waals surface area contributed by atoms with Crippen molar-refractivity contribution in [2.45, 2.75) is 27.7 Å². The van der Waals surface area contributed by atoms with Crippen LogP contribution in [-0.4, -0.2) is 18.7 Å². The molecule has 0 amide bonds. The maximum absolute atomic E-state index is 13.0. The quantitative estimate of drug-likeness (QED) is 0.505. The minimum Gasteiger partial charge on any atom is -0.304 e. The molecule has 0 aromatic heterocycles. The zero-order valence-electron chi connectivity index (χ0n) is 12.8. The molecule has 1 rings (SSSR count). The molecule has 21 heavy (non-hydrogen) atoms. The van der Waals surface area contributed by atoms with Gasteiger partial charge in [0.25, 0.3) is 0 Å². The Morgan fingerprint density at radius 1 is 1.24 bits per heavy atom. The van der Waals surface area contributed by atoms with Crippen LogP contribution in [0.4, 0.5) is 0 Å². The highest BCUT2D eigenvalue weighted by molar-refractivity contribution is 7.73. The van der Waals surface area contributed by atoms with Crippen LogP contribution in [0.3, 0.4) is 0 Å². The van der Waals surface area contributed by atoms with Crippen LogP contribution in [0, 0.1) is 0 Å². The van der Waals surface area contributed by atoms with Crippen molar-refractivity contribution in [3.63, 3.8) is 0 Å². The Morgan fingerprint density at radius 2 is 1.81 bits per heavy atom. The molecule has 0 bridgehead atoms. The molecule has 0 radical (unpaired) electrons. The largest absolute Gasteiger partial charge is 0.380 e. The Balaban J connectivity index is 3.45. The summed E-state index contributed by atoms with van der Waals surface area (Å²) in [5, 5.41) is 0.457. The van der Waals surface area contributed by atoms with Crippen molar-refractivity contribution in [2.75, 3.05) is 13.2 Å². The molecule has 0 aliphatic carbocycles. The van der Waals surface area contributed by atoms with E-state index in [0.29, 0.717) is 10.6 Å². The van der Waals surface area contributed by atoms with Crippen LogP contribution < -0.4 is 0 Å². The average molecular weight is 330 g/mol. The van der Waals surface area contributed by atoms with Gasteiger partial charge in [0.05, 0.1) is 18.2 Å². The zero-order valence-corrected chi connectivity index (χ0v) is 14.4. The zero-order chi connectivity index (χ0) is 15.9. The molecule has 1 aromatic carbocycles. The molecule has 0 heterocycles. The summed E-state index contributed by atoms with van der Waals surface area (Å²) in [6.45, 7) is 7.85. The monoisotopic (exact) mass is 329 g/mol. The molecule has 0 aliphatic heterocycles. The number of halogens is 1. The topological polar surface area (TPSA) is 47.9 Å². The SMILES string of the molecule is CCOP(=O)(OCC)C(=NC=C(C)C)c1ccccc1Cl. The van der Waals surface area contributed by atoms with Gasteiger partial charge in [0.2, 0.25) is 0 Å². The first-order chi connectivity index (χ1) is 9.94. The lowest BCUT2D eigenvalue weighted by Gasteiger charge is -2.19. The van der Waals surface area contributed by atoms with Gasteiger partial charge >= 0.3 is 7.60 Å². The minimum absolute atomic E-state index is 0.234.